The van der Waals surface area contributed by atoms with Gasteiger partial charge in [-0.3, -0.25) is 4.79 Å². The van der Waals surface area contributed by atoms with Gasteiger partial charge in [-0.2, -0.15) is 0 Å². The minimum absolute atomic E-state index is 0.117. The molecule has 0 fully saturated rings. The number of fused-ring (bicyclic) bond motifs is 1. The first-order valence-corrected chi connectivity index (χ1v) is 6.24. The van der Waals surface area contributed by atoms with Crippen LogP contribution in [0.3, 0.4) is 0 Å². The molecule has 1 aromatic carbocycles. The molecule has 1 aliphatic rings. The second-order valence-electron chi connectivity index (χ2n) is 4.39. The number of aliphatic hydroxyl groups excluding tert-OH is 2. The van der Waals surface area contributed by atoms with Gasteiger partial charge in [0.15, 0.2) is 11.5 Å². The fourth-order valence-electron chi connectivity index (χ4n) is 1.87. The molecule has 0 saturated carbocycles. The Morgan fingerprint density at radius 1 is 1.33 bits per heavy atom. The summed E-state index contributed by atoms with van der Waals surface area (Å²) in [5, 5.41) is 19.7. The van der Waals surface area contributed by atoms with Crippen molar-refractivity contribution in [3.63, 3.8) is 0 Å². The highest BCUT2D eigenvalue weighted by atomic mass is 19.3. The predicted octanol–water partition coefficient (Wildman–Crippen LogP) is 1.36. The summed E-state index contributed by atoms with van der Waals surface area (Å²) in [5.74, 6) is -1.09. The number of aliphatic hydroxyl groups is 2. The summed E-state index contributed by atoms with van der Waals surface area (Å²) in [6.07, 6.45) is -7.04. The van der Waals surface area contributed by atoms with Crippen molar-refractivity contribution in [2.24, 2.45) is 0 Å². The van der Waals surface area contributed by atoms with Crippen molar-refractivity contribution in [2.45, 2.75) is 31.8 Å². The van der Waals surface area contributed by atoms with E-state index in [-0.39, 0.29) is 23.7 Å². The first-order valence-electron chi connectivity index (χ1n) is 6.24. The summed E-state index contributed by atoms with van der Waals surface area (Å²) < 4.78 is 38.8. The number of alkyl halides is 2. The van der Waals surface area contributed by atoms with Gasteiger partial charge in [-0.05, 0) is 24.6 Å². The smallest absolute Gasteiger partial charge is 0.466 e. The lowest BCUT2D eigenvalue weighted by molar-refractivity contribution is -0.286. The number of halogens is 2. The number of carbonyl (C=O) groups is 1. The fraction of sp³-hybridized carbons (Fsp3) is 0.462. The summed E-state index contributed by atoms with van der Waals surface area (Å²) in [5.41, 5.74) is 0.117. The quantitative estimate of drug-likeness (QED) is 0.799. The molecule has 116 valence electrons. The van der Waals surface area contributed by atoms with E-state index in [9.17, 15) is 23.8 Å². The molecule has 0 aliphatic carbocycles. The zero-order chi connectivity index (χ0) is 15.6. The molecule has 0 amide bonds. The van der Waals surface area contributed by atoms with Crippen molar-refractivity contribution in [1.82, 2.24) is 0 Å². The maximum atomic E-state index is 12.9. The highest BCUT2D eigenvalue weighted by Crippen LogP contribution is 2.42. The van der Waals surface area contributed by atoms with Gasteiger partial charge in [-0.25, -0.2) is 0 Å². The Bertz CT molecular complexity index is 533. The van der Waals surface area contributed by atoms with Crippen LogP contribution in [-0.2, 0) is 9.53 Å². The lowest BCUT2D eigenvalue weighted by atomic mass is 10.0. The molecule has 0 spiro atoms. The Morgan fingerprint density at radius 2 is 2.00 bits per heavy atom. The first kappa shape index (κ1) is 15.5. The lowest BCUT2D eigenvalue weighted by Gasteiger charge is -2.17. The Hall–Kier alpha value is -1.93. The molecule has 0 aromatic heterocycles. The Morgan fingerprint density at radius 3 is 2.67 bits per heavy atom. The molecule has 2 atom stereocenters. The standard InChI is InChI=1S/C13H14F2O6/c1-2-19-11(17)6-8(16)12(18)7-3-4-9-10(5-7)21-13(14,15)20-9/h3-5,8,12,16,18H,2,6H2,1H3. The average Bonchev–Trinajstić information content (AvgIpc) is 2.70. The van der Waals surface area contributed by atoms with Crippen molar-refractivity contribution in [2.75, 3.05) is 6.61 Å². The molecule has 1 aromatic rings. The van der Waals surface area contributed by atoms with Crippen LogP contribution in [0.2, 0.25) is 0 Å². The third-order valence-corrected chi connectivity index (χ3v) is 2.81. The van der Waals surface area contributed by atoms with Crippen LogP contribution in [0.25, 0.3) is 0 Å². The highest BCUT2D eigenvalue weighted by Gasteiger charge is 2.43. The largest absolute Gasteiger partial charge is 0.586 e. The van der Waals surface area contributed by atoms with Gasteiger partial charge in [0.2, 0.25) is 0 Å². The van der Waals surface area contributed by atoms with E-state index < -0.39 is 30.9 Å². The fourth-order valence-corrected chi connectivity index (χ4v) is 1.87. The molecule has 1 heterocycles. The van der Waals surface area contributed by atoms with E-state index in [1.807, 2.05) is 0 Å². The molecule has 1 aliphatic heterocycles. The molecule has 0 radical (unpaired) electrons. The predicted molar refractivity (Wildman–Crippen MR) is 64.9 cm³/mol. The molecule has 8 heteroatoms. The zero-order valence-corrected chi connectivity index (χ0v) is 11.1. The maximum Gasteiger partial charge on any atom is 0.586 e. The van der Waals surface area contributed by atoms with Gasteiger partial charge in [0, 0.05) is 0 Å². The van der Waals surface area contributed by atoms with Crippen LogP contribution < -0.4 is 9.47 Å². The molecule has 0 bridgehead atoms. The van der Waals surface area contributed by atoms with E-state index >= 15 is 0 Å². The molecular formula is C13H14F2O6. The van der Waals surface area contributed by atoms with Gasteiger partial charge < -0.3 is 24.4 Å². The Labute approximate surface area is 118 Å². The number of carbonyl (C=O) groups excluding carboxylic acids is 1. The van der Waals surface area contributed by atoms with Gasteiger partial charge in [0.05, 0.1) is 19.1 Å². The van der Waals surface area contributed by atoms with Crippen LogP contribution in [-0.4, -0.2) is 35.2 Å². The SMILES string of the molecule is CCOC(=O)CC(O)C(O)c1ccc2c(c1)OC(F)(F)O2. The molecular weight excluding hydrogens is 290 g/mol. The van der Waals surface area contributed by atoms with Crippen LogP contribution in [0.1, 0.15) is 25.0 Å². The van der Waals surface area contributed by atoms with E-state index in [0.717, 1.165) is 6.07 Å². The van der Waals surface area contributed by atoms with Gasteiger partial charge >= 0.3 is 12.3 Å². The van der Waals surface area contributed by atoms with Crippen molar-refractivity contribution in [3.8, 4) is 11.5 Å². The minimum atomic E-state index is -3.75. The number of hydrogen-bond acceptors (Lipinski definition) is 6. The Kier molecular flexibility index (Phi) is 4.29. The van der Waals surface area contributed by atoms with E-state index in [4.69, 9.17) is 0 Å². The molecule has 6 nitrogen and oxygen atoms in total. The molecule has 2 N–H and O–H groups in total. The minimum Gasteiger partial charge on any atom is -0.466 e. The number of benzene rings is 1. The van der Waals surface area contributed by atoms with Crippen molar-refractivity contribution >= 4 is 5.97 Å². The molecule has 21 heavy (non-hydrogen) atoms. The molecule has 0 saturated heterocycles. The van der Waals surface area contributed by atoms with Crippen molar-refractivity contribution in [3.05, 3.63) is 23.8 Å². The number of ether oxygens (including phenoxy) is 3. The summed E-state index contributed by atoms with van der Waals surface area (Å²) in [6, 6.07) is 3.60. The number of esters is 1. The van der Waals surface area contributed by atoms with Gasteiger partial charge in [-0.15, -0.1) is 8.78 Å². The highest BCUT2D eigenvalue weighted by molar-refractivity contribution is 5.70. The third-order valence-electron chi connectivity index (χ3n) is 2.81. The molecule has 2 unspecified atom stereocenters. The monoisotopic (exact) mass is 304 g/mol. The van der Waals surface area contributed by atoms with Crippen LogP contribution in [0, 0.1) is 0 Å². The second kappa shape index (κ2) is 5.82. The van der Waals surface area contributed by atoms with Crippen molar-refractivity contribution in [1.29, 1.82) is 0 Å². The van der Waals surface area contributed by atoms with Gasteiger partial charge in [-0.1, -0.05) is 6.07 Å². The van der Waals surface area contributed by atoms with Gasteiger partial charge in [0.1, 0.15) is 6.10 Å². The van der Waals surface area contributed by atoms with E-state index in [2.05, 4.69) is 14.2 Å². The van der Waals surface area contributed by atoms with E-state index in [1.165, 1.54) is 12.1 Å². The van der Waals surface area contributed by atoms with Gasteiger partial charge in [0.25, 0.3) is 0 Å². The van der Waals surface area contributed by atoms with Crippen LogP contribution >= 0.6 is 0 Å². The summed E-state index contributed by atoms with van der Waals surface area (Å²) in [4.78, 5) is 11.2. The first-order chi connectivity index (χ1) is 9.82. The zero-order valence-electron chi connectivity index (χ0n) is 11.1. The van der Waals surface area contributed by atoms with E-state index in [0.29, 0.717) is 0 Å². The topological polar surface area (TPSA) is 85.2 Å². The summed E-state index contributed by atoms with van der Waals surface area (Å²) in [7, 11) is 0. The number of hydrogen-bond donors (Lipinski definition) is 2. The maximum absolute atomic E-state index is 12.9. The Balaban J connectivity index is 2.07. The van der Waals surface area contributed by atoms with Crippen LogP contribution in [0.5, 0.6) is 11.5 Å². The third kappa shape index (κ3) is 3.59. The second-order valence-corrected chi connectivity index (χ2v) is 4.39. The lowest BCUT2D eigenvalue weighted by Crippen LogP contribution is -2.26. The summed E-state index contributed by atoms with van der Waals surface area (Å²) in [6.45, 7) is 1.76. The number of rotatable bonds is 5. The normalized spacial score (nSPS) is 18.1. The van der Waals surface area contributed by atoms with Crippen LogP contribution in [0.15, 0.2) is 18.2 Å². The summed E-state index contributed by atoms with van der Waals surface area (Å²) >= 11 is 0. The molecule has 2 rings (SSSR count). The average molecular weight is 304 g/mol. The van der Waals surface area contributed by atoms with Crippen LogP contribution in [0.4, 0.5) is 8.78 Å². The van der Waals surface area contributed by atoms with E-state index in [1.54, 1.807) is 6.92 Å². The van der Waals surface area contributed by atoms with Crippen molar-refractivity contribution < 1.29 is 38.0 Å².